The fraction of sp³-hybridized carbons (Fsp3) is 0.417. The Balaban J connectivity index is 2.24. The van der Waals surface area contributed by atoms with Crippen LogP contribution in [0.15, 0.2) is 24.8 Å². The molecule has 2 rings (SSSR count). The van der Waals surface area contributed by atoms with Crippen molar-refractivity contribution in [3.05, 3.63) is 30.6 Å². The lowest BCUT2D eigenvalue weighted by atomic mass is 10.4. The van der Waals surface area contributed by atoms with Gasteiger partial charge in [0.15, 0.2) is 5.82 Å². The van der Waals surface area contributed by atoms with Gasteiger partial charge in [-0.3, -0.25) is 9.55 Å². The second-order valence-electron chi connectivity index (χ2n) is 3.82. The Kier molecular flexibility index (Phi) is 4.25. The number of ether oxygens (including phenoxy) is 1. The summed E-state index contributed by atoms with van der Waals surface area (Å²) in [6, 6.07) is 0. The first kappa shape index (κ1) is 12.5. The van der Waals surface area contributed by atoms with Crippen molar-refractivity contribution in [3.63, 3.8) is 0 Å². The van der Waals surface area contributed by atoms with E-state index in [0.717, 1.165) is 12.2 Å². The van der Waals surface area contributed by atoms with Crippen molar-refractivity contribution in [2.75, 3.05) is 13.2 Å². The maximum atomic E-state index is 5.55. The van der Waals surface area contributed by atoms with Crippen molar-refractivity contribution in [2.45, 2.75) is 19.8 Å². The van der Waals surface area contributed by atoms with Crippen LogP contribution in [0.2, 0.25) is 0 Å². The van der Waals surface area contributed by atoms with Gasteiger partial charge in [0.1, 0.15) is 5.82 Å². The van der Waals surface area contributed by atoms with Crippen LogP contribution in [-0.4, -0.2) is 32.7 Å². The lowest BCUT2D eigenvalue weighted by Crippen LogP contribution is -2.10. The van der Waals surface area contributed by atoms with Gasteiger partial charge in [-0.15, -0.1) is 0 Å². The minimum atomic E-state index is 0.529. The van der Waals surface area contributed by atoms with Gasteiger partial charge in [-0.1, -0.05) is 6.92 Å². The van der Waals surface area contributed by atoms with Gasteiger partial charge in [0, 0.05) is 18.8 Å². The van der Waals surface area contributed by atoms with E-state index >= 15 is 0 Å². The molecule has 2 heterocycles. The van der Waals surface area contributed by atoms with E-state index in [1.54, 1.807) is 18.6 Å². The highest BCUT2D eigenvalue weighted by atomic mass is 16.5. The SMILES string of the molecule is CCCOc1cncc(-n2ccnc2CCN)n1. The maximum Gasteiger partial charge on any atom is 0.234 e. The molecule has 0 bridgehead atoms. The smallest absolute Gasteiger partial charge is 0.234 e. The second-order valence-corrected chi connectivity index (χ2v) is 3.82. The molecule has 0 aliphatic heterocycles. The van der Waals surface area contributed by atoms with Crippen molar-refractivity contribution in [3.8, 4) is 11.7 Å². The van der Waals surface area contributed by atoms with Gasteiger partial charge in [0.05, 0.1) is 19.0 Å². The average Bonchev–Trinajstić information content (AvgIpc) is 2.85. The van der Waals surface area contributed by atoms with Crippen LogP contribution >= 0.6 is 0 Å². The molecule has 96 valence electrons. The minimum Gasteiger partial charge on any atom is -0.477 e. The summed E-state index contributed by atoms with van der Waals surface area (Å²) in [5, 5.41) is 0. The molecule has 2 aromatic heterocycles. The largest absolute Gasteiger partial charge is 0.477 e. The van der Waals surface area contributed by atoms with E-state index in [4.69, 9.17) is 10.5 Å². The quantitative estimate of drug-likeness (QED) is 0.822. The minimum absolute atomic E-state index is 0.529. The van der Waals surface area contributed by atoms with E-state index in [1.807, 2.05) is 17.7 Å². The zero-order valence-corrected chi connectivity index (χ0v) is 10.4. The predicted molar refractivity (Wildman–Crippen MR) is 67.7 cm³/mol. The Bertz CT molecular complexity index is 497. The summed E-state index contributed by atoms with van der Waals surface area (Å²) in [7, 11) is 0. The van der Waals surface area contributed by atoms with E-state index in [0.29, 0.717) is 31.3 Å². The lowest BCUT2D eigenvalue weighted by molar-refractivity contribution is 0.303. The molecule has 18 heavy (non-hydrogen) atoms. The van der Waals surface area contributed by atoms with Gasteiger partial charge < -0.3 is 10.5 Å². The fourth-order valence-corrected chi connectivity index (χ4v) is 1.59. The normalized spacial score (nSPS) is 10.6. The Labute approximate surface area is 106 Å². The summed E-state index contributed by atoms with van der Waals surface area (Å²) >= 11 is 0. The Hall–Kier alpha value is -1.95. The zero-order valence-electron chi connectivity index (χ0n) is 10.4. The van der Waals surface area contributed by atoms with Crippen LogP contribution in [0.1, 0.15) is 19.2 Å². The van der Waals surface area contributed by atoms with E-state index in [9.17, 15) is 0 Å². The van der Waals surface area contributed by atoms with Gasteiger partial charge in [0.25, 0.3) is 0 Å². The first-order valence-corrected chi connectivity index (χ1v) is 6.02. The molecule has 0 spiro atoms. The van der Waals surface area contributed by atoms with Crippen LogP contribution < -0.4 is 10.5 Å². The first-order valence-electron chi connectivity index (χ1n) is 6.02. The number of hydrogen-bond acceptors (Lipinski definition) is 5. The number of imidazole rings is 1. The highest BCUT2D eigenvalue weighted by molar-refractivity contribution is 5.24. The molecule has 0 fully saturated rings. The number of aromatic nitrogens is 4. The monoisotopic (exact) mass is 247 g/mol. The van der Waals surface area contributed by atoms with Crippen molar-refractivity contribution >= 4 is 0 Å². The standard InChI is InChI=1S/C12H17N5O/c1-2-7-18-12-9-14-8-11(16-12)17-6-5-15-10(17)3-4-13/h5-6,8-9H,2-4,7,13H2,1H3. The van der Waals surface area contributed by atoms with Crippen molar-refractivity contribution in [2.24, 2.45) is 5.73 Å². The lowest BCUT2D eigenvalue weighted by Gasteiger charge is -2.08. The van der Waals surface area contributed by atoms with E-state index in [2.05, 4.69) is 15.0 Å². The Morgan fingerprint density at radius 2 is 2.28 bits per heavy atom. The highest BCUT2D eigenvalue weighted by Crippen LogP contribution is 2.11. The molecule has 0 aromatic carbocycles. The molecule has 0 saturated heterocycles. The number of nitrogens with zero attached hydrogens (tertiary/aromatic N) is 4. The molecular weight excluding hydrogens is 230 g/mol. The summed E-state index contributed by atoms with van der Waals surface area (Å²) in [5.74, 6) is 2.10. The molecule has 0 aliphatic rings. The van der Waals surface area contributed by atoms with Gasteiger partial charge in [-0.25, -0.2) is 4.98 Å². The van der Waals surface area contributed by atoms with Crippen LogP contribution in [0.4, 0.5) is 0 Å². The Morgan fingerprint density at radius 1 is 1.39 bits per heavy atom. The van der Waals surface area contributed by atoms with E-state index in [1.165, 1.54) is 0 Å². The molecule has 0 amide bonds. The number of rotatable bonds is 6. The molecule has 6 heteroatoms. The molecule has 0 radical (unpaired) electrons. The summed E-state index contributed by atoms with van der Waals surface area (Å²) in [5.41, 5.74) is 5.55. The summed E-state index contributed by atoms with van der Waals surface area (Å²) in [6.45, 7) is 3.24. The van der Waals surface area contributed by atoms with Crippen LogP contribution in [0.5, 0.6) is 5.88 Å². The van der Waals surface area contributed by atoms with Gasteiger partial charge in [0.2, 0.25) is 5.88 Å². The maximum absolute atomic E-state index is 5.55. The first-order chi connectivity index (χ1) is 8.85. The van der Waals surface area contributed by atoms with E-state index < -0.39 is 0 Å². The van der Waals surface area contributed by atoms with Crippen LogP contribution in [0.3, 0.4) is 0 Å². The molecule has 2 aromatic rings. The molecule has 0 saturated carbocycles. The molecular formula is C12H17N5O. The van der Waals surface area contributed by atoms with Gasteiger partial charge >= 0.3 is 0 Å². The van der Waals surface area contributed by atoms with E-state index in [-0.39, 0.29) is 0 Å². The highest BCUT2D eigenvalue weighted by Gasteiger charge is 2.07. The zero-order chi connectivity index (χ0) is 12.8. The van der Waals surface area contributed by atoms with Crippen LogP contribution in [0.25, 0.3) is 5.82 Å². The summed E-state index contributed by atoms with van der Waals surface area (Å²) in [4.78, 5) is 12.8. The van der Waals surface area contributed by atoms with Crippen molar-refractivity contribution < 1.29 is 4.74 Å². The molecule has 0 unspecified atom stereocenters. The fourth-order valence-electron chi connectivity index (χ4n) is 1.59. The number of hydrogen-bond donors (Lipinski definition) is 1. The van der Waals surface area contributed by atoms with Gasteiger partial charge in [-0.2, -0.15) is 4.98 Å². The third-order valence-electron chi connectivity index (χ3n) is 2.39. The van der Waals surface area contributed by atoms with Crippen molar-refractivity contribution in [1.82, 2.24) is 19.5 Å². The Morgan fingerprint density at radius 3 is 3.06 bits per heavy atom. The van der Waals surface area contributed by atoms with Gasteiger partial charge in [-0.05, 0) is 13.0 Å². The molecule has 0 atom stereocenters. The average molecular weight is 247 g/mol. The van der Waals surface area contributed by atoms with Crippen LogP contribution in [-0.2, 0) is 6.42 Å². The summed E-state index contributed by atoms with van der Waals surface area (Å²) < 4.78 is 7.34. The number of nitrogens with two attached hydrogens (primary N) is 1. The predicted octanol–water partition coefficient (Wildman–Crippen LogP) is 0.952. The topological polar surface area (TPSA) is 78.8 Å². The van der Waals surface area contributed by atoms with Crippen LogP contribution in [0, 0.1) is 0 Å². The second kappa shape index (κ2) is 6.11. The molecule has 2 N–H and O–H groups in total. The molecule has 0 aliphatic carbocycles. The summed E-state index contributed by atoms with van der Waals surface area (Å²) in [6.07, 6.45) is 8.51. The van der Waals surface area contributed by atoms with Crippen molar-refractivity contribution in [1.29, 1.82) is 0 Å². The third-order valence-corrected chi connectivity index (χ3v) is 2.39. The molecule has 6 nitrogen and oxygen atoms in total. The third kappa shape index (κ3) is 2.84.